The van der Waals surface area contributed by atoms with Crippen molar-refractivity contribution in [3.05, 3.63) is 44.2 Å². The summed E-state index contributed by atoms with van der Waals surface area (Å²) in [5.74, 6) is -2.17. The van der Waals surface area contributed by atoms with Crippen molar-refractivity contribution in [1.82, 2.24) is 9.97 Å². The summed E-state index contributed by atoms with van der Waals surface area (Å²) < 4.78 is 0. The Morgan fingerprint density at radius 3 is 2.54 bits per heavy atom. The maximum absolute atomic E-state index is 12.3. The Kier molecular flexibility index (Phi) is 4.16. The number of H-pyrrole nitrogens is 1. The number of hydrogen-bond donors (Lipinski definition) is 4. The first-order valence-corrected chi connectivity index (χ1v) is 7.55. The first-order chi connectivity index (χ1) is 11.3. The number of rotatable bonds is 3. The zero-order valence-electron chi connectivity index (χ0n) is 12.0. The molecule has 0 saturated heterocycles. The van der Waals surface area contributed by atoms with Gasteiger partial charge in [0.1, 0.15) is 5.82 Å². The summed E-state index contributed by atoms with van der Waals surface area (Å²) in [5, 5.41) is 6.09. The van der Waals surface area contributed by atoms with Crippen LogP contribution in [0.25, 0.3) is 0 Å². The van der Waals surface area contributed by atoms with E-state index in [9.17, 15) is 14.4 Å². The molecule has 0 saturated carbocycles. The van der Waals surface area contributed by atoms with Crippen molar-refractivity contribution in [2.24, 2.45) is 5.73 Å². The van der Waals surface area contributed by atoms with Crippen molar-refractivity contribution >= 4 is 52.5 Å². The standard InChI is InChI=1S/C14H11Cl2N5O3/c15-5-1-6(16)3-7(2-5)18-14-20-12-10(13(24)21-14)8(11(17)23)4-9(22)19-12/h1-3,8H,4H2,(H2,17,23)(H3,18,19,20,21,22,24). The number of nitrogens with zero attached hydrogens (tertiary/aromatic N) is 1. The third-order valence-corrected chi connectivity index (χ3v) is 3.86. The second-order valence-corrected chi connectivity index (χ2v) is 6.04. The Labute approximate surface area is 145 Å². The molecule has 124 valence electrons. The SMILES string of the molecule is NC(=O)C1CC(=O)Nc2nc(Nc3cc(Cl)cc(Cl)c3)[nH]c(=O)c21. The third-order valence-electron chi connectivity index (χ3n) is 3.42. The lowest BCUT2D eigenvalue weighted by Crippen LogP contribution is -2.36. The smallest absolute Gasteiger partial charge is 0.258 e. The molecular formula is C14H11Cl2N5O3. The van der Waals surface area contributed by atoms with Crippen LogP contribution in [-0.4, -0.2) is 21.8 Å². The van der Waals surface area contributed by atoms with Gasteiger partial charge in [-0.15, -0.1) is 0 Å². The zero-order chi connectivity index (χ0) is 17.4. The first-order valence-electron chi connectivity index (χ1n) is 6.80. The molecule has 3 rings (SSSR count). The molecule has 0 spiro atoms. The van der Waals surface area contributed by atoms with E-state index < -0.39 is 23.3 Å². The summed E-state index contributed by atoms with van der Waals surface area (Å²) in [4.78, 5) is 42.1. The van der Waals surface area contributed by atoms with E-state index in [0.29, 0.717) is 15.7 Å². The number of amides is 2. The molecule has 1 unspecified atom stereocenters. The van der Waals surface area contributed by atoms with E-state index in [1.54, 1.807) is 18.2 Å². The van der Waals surface area contributed by atoms with Crippen molar-refractivity contribution in [3.63, 3.8) is 0 Å². The lowest BCUT2D eigenvalue weighted by molar-refractivity contribution is -0.124. The van der Waals surface area contributed by atoms with Crippen molar-refractivity contribution < 1.29 is 9.59 Å². The highest BCUT2D eigenvalue weighted by atomic mass is 35.5. The number of primary amides is 1. The average molecular weight is 368 g/mol. The van der Waals surface area contributed by atoms with E-state index in [-0.39, 0.29) is 23.8 Å². The number of halogens is 2. The van der Waals surface area contributed by atoms with Gasteiger partial charge in [0.2, 0.25) is 17.8 Å². The number of fused-ring (bicyclic) bond motifs is 1. The second-order valence-electron chi connectivity index (χ2n) is 5.17. The number of carbonyl (C=O) groups excluding carboxylic acids is 2. The largest absolute Gasteiger partial charge is 0.369 e. The van der Waals surface area contributed by atoms with Crippen LogP contribution in [0, 0.1) is 0 Å². The van der Waals surface area contributed by atoms with Crippen molar-refractivity contribution in [2.45, 2.75) is 12.3 Å². The fourth-order valence-corrected chi connectivity index (χ4v) is 2.96. The van der Waals surface area contributed by atoms with Crippen LogP contribution in [0.3, 0.4) is 0 Å². The van der Waals surface area contributed by atoms with E-state index in [4.69, 9.17) is 28.9 Å². The highest BCUT2D eigenvalue weighted by molar-refractivity contribution is 6.35. The van der Waals surface area contributed by atoms with Crippen molar-refractivity contribution in [3.8, 4) is 0 Å². The molecule has 1 aromatic heterocycles. The van der Waals surface area contributed by atoms with Gasteiger partial charge in [0.25, 0.3) is 5.56 Å². The van der Waals surface area contributed by atoms with Crippen LogP contribution >= 0.6 is 23.2 Å². The molecule has 2 amide bonds. The van der Waals surface area contributed by atoms with Gasteiger partial charge in [-0.05, 0) is 18.2 Å². The van der Waals surface area contributed by atoms with Gasteiger partial charge in [-0.2, -0.15) is 4.98 Å². The summed E-state index contributed by atoms with van der Waals surface area (Å²) in [6.07, 6.45) is -0.191. The van der Waals surface area contributed by atoms with E-state index >= 15 is 0 Å². The minimum absolute atomic E-state index is 0.00516. The molecule has 1 aromatic carbocycles. The Hall–Kier alpha value is -2.58. The minimum atomic E-state index is -1.01. The van der Waals surface area contributed by atoms with E-state index in [1.807, 2.05) is 0 Å². The fourth-order valence-electron chi connectivity index (χ4n) is 2.44. The molecule has 1 aliphatic rings. The molecule has 0 radical (unpaired) electrons. The van der Waals surface area contributed by atoms with Gasteiger partial charge < -0.3 is 16.4 Å². The zero-order valence-corrected chi connectivity index (χ0v) is 13.5. The normalized spacial score (nSPS) is 16.2. The maximum Gasteiger partial charge on any atom is 0.258 e. The third kappa shape index (κ3) is 3.19. The molecular weight excluding hydrogens is 357 g/mol. The van der Waals surface area contributed by atoms with Crippen molar-refractivity contribution in [1.29, 1.82) is 0 Å². The Morgan fingerprint density at radius 2 is 1.92 bits per heavy atom. The van der Waals surface area contributed by atoms with Gasteiger partial charge >= 0.3 is 0 Å². The summed E-state index contributed by atoms with van der Waals surface area (Å²) in [6, 6.07) is 4.71. The van der Waals surface area contributed by atoms with Crippen LogP contribution in [-0.2, 0) is 9.59 Å². The molecule has 24 heavy (non-hydrogen) atoms. The number of nitrogens with two attached hydrogens (primary N) is 1. The summed E-state index contributed by atoms with van der Waals surface area (Å²) in [6.45, 7) is 0. The monoisotopic (exact) mass is 367 g/mol. The highest BCUT2D eigenvalue weighted by Gasteiger charge is 2.33. The first kappa shape index (κ1) is 16.3. The number of benzene rings is 1. The molecule has 10 heteroatoms. The molecule has 0 bridgehead atoms. The van der Waals surface area contributed by atoms with Gasteiger partial charge in [0.15, 0.2) is 0 Å². The summed E-state index contributed by atoms with van der Waals surface area (Å²) in [5.41, 5.74) is 5.22. The quantitative estimate of drug-likeness (QED) is 0.656. The number of hydrogen-bond acceptors (Lipinski definition) is 5. The molecule has 1 aliphatic heterocycles. The van der Waals surface area contributed by atoms with Gasteiger partial charge in [-0.1, -0.05) is 23.2 Å². The number of carbonyl (C=O) groups is 2. The minimum Gasteiger partial charge on any atom is -0.369 e. The molecule has 2 heterocycles. The van der Waals surface area contributed by atoms with Crippen LogP contribution < -0.4 is 21.9 Å². The number of aromatic amines is 1. The highest BCUT2D eigenvalue weighted by Crippen LogP contribution is 2.29. The number of anilines is 3. The van der Waals surface area contributed by atoms with Crippen molar-refractivity contribution in [2.75, 3.05) is 10.6 Å². The van der Waals surface area contributed by atoms with Crippen LogP contribution in [0.4, 0.5) is 17.5 Å². The van der Waals surface area contributed by atoms with Crippen LogP contribution in [0.1, 0.15) is 17.9 Å². The van der Waals surface area contributed by atoms with Gasteiger partial charge in [0, 0.05) is 22.2 Å². The van der Waals surface area contributed by atoms with Crippen LogP contribution in [0.15, 0.2) is 23.0 Å². The molecule has 1 atom stereocenters. The molecule has 0 aliphatic carbocycles. The van der Waals surface area contributed by atoms with E-state index in [0.717, 1.165) is 0 Å². The Balaban J connectivity index is 2.02. The predicted molar refractivity (Wildman–Crippen MR) is 89.8 cm³/mol. The number of nitrogens with one attached hydrogen (secondary N) is 3. The van der Waals surface area contributed by atoms with E-state index in [2.05, 4.69) is 20.6 Å². The molecule has 2 aromatic rings. The molecule has 0 fully saturated rings. The molecule has 8 nitrogen and oxygen atoms in total. The van der Waals surface area contributed by atoms with Gasteiger partial charge in [0.05, 0.1) is 11.5 Å². The Morgan fingerprint density at radius 1 is 1.25 bits per heavy atom. The predicted octanol–water partition coefficient (Wildman–Crippen LogP) is 1.73. The topological polar surface area (TPSA) is 130 Å². The Bertz CT molecular complexity index is 892. The maximum atomic E-state index is 12.3. The average Bonchev–Trinajstić information content (AvgIpc) is 2.44. The van der Waals surface area contributed by atoms with Gasteiger partial charge in [-0.25, -0.2) is 0 Å². The second kappa shape index (κ2) is 6.14. The lowest BCUT2D eigenvalue weighted by atomic mass is 9.93. The summed E-state index contributed by atoms with van der Waals surface area (Å²) in [7, 11) is 0. The fraction of sp³-hybridized carbons (Fsp3) is 0.143. The van der Waals surface area contributed by atoms with E-state index in [1.165, 1.54) is 0 Å². The lowest BCUT2D eigenvalue weighted by Gasteiger charge is -2.22. The summed E-state index contributed by atoms with van der Waals surface area (Å²) >= 11 is 11.8. The molecule has 5 N–H and O–H groups in total. The van der Waals surface area contributed by atoms with Gasteiger partial charge in [-0.3, -0.25) is 19.4 Å². The van der Waals surface area contributed by atoms with Crippen LogP contribution in [0.2, 0.25) is 10.0 Å². The van der Waals surface area contributed by atoms with Crippen LogP contribution in [0.5, 0.6) is 0 Å². The number of aromatic nitrogens is 2.